The van der Waals surface area contributed by atoms with Crippen LogP contribution in [0.4, 0.5) is 11.5 Å². The smallest absolute Gasteiger partial charge is 0.311 e. The summed E-state index contributed by atoms with van der Waals surface area (Å²) in [6.45, 7) is 5.87. The summed E-state index contributed by atoms with van der Waals surface area (Å²) < 4.78 is 0. The van der Waals surface area contributed by atoms with Gasteiger partial charge in [-0.1, -0.05) is 11.6 Å². The molecule has 1 aliphatic rings. The van der Waals surface area contributed by atoms with Crippen molar-refractivity contribution in [1.82, 2.24) is 4.98 Å². The number of hydrogen-bond acceptors (Lipinski definition) is 4. The van der Waals surface area contributed by atoms with Crippen LogP contribution in [-0.4, -0.2) is 9.91 Å². The minimum Gasteiger partial charge on any atom is -0.338 e. The fourth-order valence-electron chi connectivity index (χ4n) is 1.83. The lowest BCUT2D eigenvalue weighted by Gasteiger charge is -2.08. The average Bonchev–Trinajstić information content (AvgIpc) is 3.20. The first-order valence-electron chi connectivity index (χ1n) is 6.71. The Bertz CT molecular complexity index is 583. The SMILES string of the molecule is CC(C)=C/C=C(\C)Nc1nc(C2CC2)ccc1[N+](=O)[O-]. The van der Waals surface area contributed by atoms with Gasteiger partial charge in [-0.05, 0) is 45.8 Å². The second kappa shape index (κ2) is 5.86. The van der Waals surface area contributed by atoms with Gasteiger partial charge >= 0.3 is 5.69 Å². The molecular formula is C15H19N3O2. The van der Waals surface area contributed by atoms with Gasteiger partial charge in [0.05, 0.1) is 4.92 Å². The van der Waals surface area contributed by atoms with Crippen molar-refractivity contribution in [1.29, 1.82) is 0 Å². The molecule has 1 fully saturated rings. The quantitative estimate of drug-likeness (QED) is 0.497. The van der Waals surface area contributed by atoms with Crippen LogP contribution in [0.3, 0.4) is 0 Å². The maximum Gasteiger partial charge on any atom is 0.311 e. The first kappa shape index (κ1) is 14.2. The van der Waals surface area contributed by atoms with Crippen molar-refractivity contribution >= 4 is 11.5 Å². The van der Waals surface area contributed by atoms with Gasteiger partial charge in [0.25, 0.3) is 0 Å². The van der Waals surface area contributed by atoms with Gasteiger partial charge in [0.1, 0.15) is 0 Å². The molecule has 0 unspecified atom stereocenters. The molecule has 5 heteroatoms. The van der Waals surface area contributed by atoms with Crippen molar-refractivity contribution in [3.8, 4) is 0 Å². The summed E-state index contributed by atoms with van der Waals surface area (Å²) >= 11 is 0. The van der Waals surface area contributed by atoms with Crippen LogP contribution in [0, 0.1) is 10.1 Å². The Morgan fingerprint density at radius 1 is 1.35 bits per heavy atom. The van der Waals surface area contributed by atoms with Crippen LogP contribution in [0.1, 0.15) is 45.2 Å². The van der Waals surface area contributed by atoms with E-state index in [2.05, 4.69) is 10.3 Å². The van der Waals surface area contributed by atoms with Crippen molar-refractivity contribution in [2.24, 2.45) is 0 Å². The predicted octanol–water partition coefficient (Wildman–Crippen LogP) is 4.15. The van der Waals surface area contributed by atoms with Crippen molar-refractivity contribution < 1.29 is 4.92 Å². The number of nitrogens with zero attached hydrogens (tertiary/aromatic N) is 2. The highest BCUT2D eigenvalue weighted by atomic mass is 16.6. The van der Waals surface area contributed by atoms with E-state index in [0.29, 0.717) is 11.7 Å². The average molecular weight is 273 g/mol. The van der Waals surface area contributed by atoms with E-state index in [1.807, 2.05) is 32.9 Å². The fraction of sp³-hybridized carbons (Fsp3) is 0.400. The molecule has 1 aliphatic carbocycles. The van der Waals surface area contributed by atoms with Crippen LogP contribution in [0.25, 0.3) is 0 Å². The zero-order valence-electron chi connectivity index (χ0n) is 12.0. The van der Waals surface area contributed by atoms with Gasteiger partial charge in [0.2, 0.25) is 5.82 Å². The summed E-state index contributed by atoms with van der Waals surface area (Å²) in [4.78, 5) is 15.1. The number of anilines is 1. The Morgan fingerprint density at radius 2 is 2.05 bits per heavy atom. The van der Waals surface area contributed by atoms with Crippen LogP contribution in [0.15, 0.2) is 35.6 Å². The molecular weight excluding hydrogens is 254 g/mol. The van der Waals surface area contributed by atoms with Crippen molar-refractivity contribution in [3.63, 3.8) is 0 Å². The van der Waals surface area contributed by atoms with E-state index >= 15 is 0 Å². The maximum absolute atomic E-state index is 11.1. The van der Waals surface area contributed by atoms with Gasteiger partial charge in [-0.3, -0.25) is 10.1 Å². The van der Waals surface area contributed by atoms with E-state index in [4.69, 9.17) is 0 Å². The molecule has 20 heavy (non-hydrogen) atoms. The Balaban J connectivity index is 2.27. The third kappa shape index (κ3) is 3.66. The van der Waals surface area contributed by atoms with E-state index in [9.17, 15) is 10.1 Å². The molecule has 2 rings (SSSR count). The third-order valence-electron chi connectivity index (χ3n) is 3.07. The molecule has 106 valence electrons. The van der Waals surface area contributed by atoms with E-state index in [1.165, 1.54) is 11.6 Å². The molecule has 0 radical (unpaired) electrons. The van der Waals surface area contributed by atoms with E-state index in [-0.39, 0.29) is 5.69 Å². The number of aromatic nitrogens is 1. The zero-order chi connectivity index (χ0) is 14.7. The number of hydrogen-bond donors (Lipinski definition) is 1. The lowest BCUT2D eigenvalue weighted by atomic mass is 10.2. The monoisotopic (exact) mass is 273 g/mol. The first-order chi connectivity index (χ1) is 9.47. The van der Waals surface area contributed by atoms with Gasteiger partial charge in [-0.2, -0.15) is 0 Å². The second-order valence-corrected chi connectivity index (χ2v) is 5.35. The Hall–Kier alpha value is -2.17. The Labute approximate surface area is 118 Å². The topological polar surface area (TPSA) is 68.1 Å². The Morgan fingerprint density at radius 3 is 2.60 bits per heavy atom. The molecule has 0 spiro atoms. The minimum absolute atomic E-state index is 0.0133. The second-order valence-electron chi connectivity index (χ2n) is 5.35. The molecule has 1 saturated carbocycles. The van der Waals surface area contributed by atoms with E-state index in [0.717, 1.165) is 24.2 Å². The Kier molecular flexibility index (Phi) is 4.17. The van der Waals surface area contributed by atoms with Crippen molar-refractivity contribution in [2.75, 3.05) is 5.32 Å². The molecule has 1 heterocycles. The summed E-state index contributed by atoms with van der Waals surface area (Å²) in [5, 5.41) is 14.1. The molecule has 0 atom stereocenters. The number of rotatable bonds is 5. The molecule has 0 aromatic carbocycles. The van der Waals surface area contributed by atoms with Crippen molar-refractivity contribution in [2.45, 2.75) is 39.5 Å². The third-order valence-corrected chi connectivity index (χ3v) is 3.07. The van der Waals surface area contributed by atoms with Gasteiger partial charge in [-0.25, -0.2) is 4.98 Å². The lowest BCUT2D eigenvalue weighted by molar-refractivity contribution is -0.384. The lowest BCUT2D eigenvalue weighted by Crippen LogP contribution is -2.04. The van der Waals surface area contributed by atoms with E-state index in [1.54, 1.807) is 6.07 Å². The number of nitro groups is 1. The number of allylic oxidation sites excluding steroid dienone is 4. The number of nitrogens with one attached hydrogen (secondary N) is 1. The highest BCUT2D eigenvalue weighted by Crippen LogP contribution is 2.40. The highest BCUT2D eigenvalue weighted by molar-refractivity contribution is 5.59. The van der Waals surface area contributed by atoms with Crippen LogP contribution in [-0.2, 0) is 0 Å². The maximum atomic E-state index is 11.1. The van der Waals surface area contributed by atoms with Gasteiger partial charge < -0.3 is 5.32 Å². The molecule has 1 aromatic heterocycles. The first-order valence-corrected chi connectivity index (χ1v) is 6.71. The fourth-order valence-corrected chi connectivity index (χ4v) is 1.83. The van der Waals surface area contributed by atoms with E-state index < -0.39 is 4.92 Å². The zero-order valence-corrected chi connectivity index (χ0v) is 12.0. The molecule has 5 nitrogen and oxygen atoms in total. The summed E-state index contributed by atoms with van der Waals surface area (Å²) in [6.07, 6.45) is 6.09. The highest BCUT2D eigenvalue weighted by Gasteiger charge is 2.27. The summed E-state index contributed by atoms with van der Waals surface area (Å²) in [5.41, 5.74) is 2.95. The van der Waals surface area contributed by atoms with Crippen LogP contribution < -0.4 is 5.32 Å². The van der Waals surface area contributed by atoms with Crippen LogP contribution >= 0.6 is 0 Å². The normalized spacial score (nSPS) is 14.8. The molecule has 0 amide bonds. The minimum atomic E-state index is -0.403. The molecule has 1 N–H and O–H groups in total. The summed E-state index contributed by atoms with van der Waals surface area (Å²) in [5.74, 6) is 0.800. The van der Waals surface area contributed by atoms with Gasteiger partial charge in [0.15, 0.2) is 0 Å². The molecule has 0 aliphatic heterocycles. The van der Waals surface area contributed by atoms with Gasteiger partial charge in [0, 0.05) is 23.4 Å². The molecule has 0 saturated heterocycles. The molecule has 0 bridgehead atoms. The van der Waals surface area contributed by atoms with Crippen LogP contribution in [0.5, 0.6) is 0 Å². The van der Waals surface area contributed by atoms with Crippen LogP contribution in [0.2, 0.25) is 0 Å². The standard InChI is InChI=1S/C15H19N3O2/c1-10(2)4-5-11(3)16-15-14(18(19)20)9-8-13(17-15)12-6-7-12/h4-5,8-9,12H,6-7H2,1-3H3,(H,16,17)/b11-5+. The molecule has 1 aromatic rings. The van der Waals surface area contributed by atoms with Gasteiger partial charge in [-0.15, -0.1) is 0 Å². The summed E-state index contributed by atoms with van der Waals surface area (Å²) in [7, 11) is 0. The largest absolute Gasteiger partial charge is 0.338 e. The van der Waals surface area contributed by atoms with Crippen molar-refractivity contribution in [3.05, 3.63) is 51.4 Å². The predicted molar refractivity (Wildman–Crippen MR) is 79.7 cm³/mol. The summed E-state index contributed by atoms with van der Waals surface area (Å²) in [6, 6.07) is 3.30. The number of pyridine rings is 1.